The highest BCUT2D eigenvalue weighted by Gasteiger charge is 2.51. The summed E-state index contributed by atoms with van der Waals surface area (Å²) in [4.78, 5) is 0. The van der Waals surface area contributed by atoms with Gasteiger partial charge < -0.3 is 4.52 Å². The van der Waals surface area contributed by atoms with Gasteiger partial charge in [0.05, 0.1) is 5.60 Å². The molecule has 124 valence electrons. The van der Waals surface area contributed by atoms with Gasteiger partial charge in [0.2, 0.25) is 0 Å². The Morgan fingerprint density at radius 2 is 1.57 bits per heavy atom. The summed E-state index contributed by atoms with van der Waals surface area (Å²) in [5, 5.41) is 0. The van der Waals surface area contributed by atoms with E-state index < -0.39 is 13.3 Å². The second kappa shape index (κ2) is 6.88. The first kappa shape index (κ1) is 17.7. The summed E-state index contributed by atoms with van der Waals surface area (Å²) in [6.45, 7) is 9.59. The van der Waals surface area contributed by atoms with Gasteiger partial charge in [-0.2, -0.15) is 0 Å². The van der Waals surface area contributed by atoms with Gasteiger partial charge in [0.25, 0.3) is 0 Å². The van der Waals surface area contributed by atoms with Gasteiger partial charge >= 0.3 is 7.67 Å². The number of alkyl halides is 1. The van der Waals surface area contributed by atoms with Crippen LogP contribution in [-0.2, 0) is 9.09 Å². The van der Waals surface area contributed by atoms with Crippen LogP contribution in [0.5, 0.6) is 0 Å². The average Bonchev–Trinajstić information content (AvgIpc) is 3.24. The Labute approximate surface area is 134 Å². The summed E-state index contributed by atoms with van der Waals surface area (Å²) in [7, 11) is -3.00. The van der Waals surface area contributed by atoms with Crippen molar-refractivity contribution >= 4 is 19.3 Å². The molecule has 0 aromatic carbocycles. The number of nitrogens with zero attached hydrogens (tertiary/aromatic N) is 2. The van der Waals surface area contributed by atoms with Crippen LogP contribution < -0.4 is 0 Å². The third-order valence-corrected chi connectivity index (χ3v) is 7.05. The predicted molar refractivity (Wildman–Crippen MR) is 88.9 cm³/mol. The zero-order chi connectivity index (χ0) is 15.7. The van der Waals surface area contributed by atoms with Crippen molar-refractivity contribution in [2.24, 2.45) is 0 Å². The SMILES string of the molecule is CCCN(C1CC1)P(=O)(OC(C)(C)C)N(CCCl)C1CC1. The molecule has 1 unspecified atom stereocenters. The average molecular weight is 337 g/mol. The van der Waals surface area contributed by atoms with E-state index in [2.05, 4.69) is 16.3 Å². The molecule has 0 saturated heterocycles. The Kier molecular flexibility index (Phi) is 5.82. The van der Waals surface area contributed by atoms with Crippen LogP contribution in [0.4, 0.5) is 0 Å². The molecule has 0 radical (unpaired) electrons. The minimum Gasteiger partial charge on any atom is -0.300 e. The fourth-order valence-corrected chi connectivity index (χ4v) is 6.31. The van der Waals surface area contributed by atoms with Crippen molar-refractivity contribution < 1.29 is 9.09 Å². The highest BCUT2D eigenvalue weighted by atomic mass is 35.5. The molecule has 0 aromatic heterocycles. The van der Waals surface area contributed by atoms with E-state index in [1.807, 2.05) is 20.8 Å². The monoisotopic (exact) mass is 336 g/mol. The molecule has 2 aliphatic carbocycles. The molecule has 2 rings (SSSR count). The third-order valence-electron chi connectivity index (χ3n) is 3.75. The normalized spacial score (nSPS) is 22.8. The minimum absolute atomic E-state index is 0.384. The van der Waals surface area contributed by atoms with E-state index in [1.54, 1.807) is 0 Å². The Balaban J connectivity index is 2.28. The van der Waals surface area contributed by atoms with Crippen LogP contribution in [0.3, 0.4) is 0 Å². The molecule has 0 heterocycles. The number of halogens is 1. The quantitative estimate of drug-likeness (QED) is 0.459. The topological polar surface area (TPSA) is 32.8 Å². The van der Waals surface area contributed by atoms with Gasteiger partial charge in [-0.05, 0) is 52.9 Å². The van der Waals surface area contributed by atoms with Crippen LogP contribution in [0.2, 0.25) is 0 Å². The molecule has 0 aliphatic heterocycles. The van der Waals surface area contributed by atoms with Crippen LogP contribution in [0.25, 0.3) is 0 Å². The van der Waals surface area contributed by atoms with Crippen LogP contribution >= 0.6 is 19.3 Å². The second-order valence-corrected chi connectivity index (χ2v) is 9.74. The molecule has 0 amide bonds. The molecular formula is C15H30ClN2O2P. The highest BCUT2D eigenvalue weighted by Crippen LogP contribution is 2.63. The van der Waals surface area contributed by atoms with E-state index in [0.29, 0.717) is 24.5 Å². The first-order valence-electron chi connectivity index (χ1n) is 8.23. The van der Waals surface area contributed by atoms with E-state index in [9.17, 15) is 4.57 Å². The molecule has 21 heavy (non-hydrogen) atoms. The van der Waals surface area contributed by atoms with Gasteiger partial charge in [-0.25, -0.2) is 9.34 Å². The Morgan fingerprint density at radius 3 is 1.90 bits per heavy atom. The van der Waals surface area contributed by atoms with Crippen molar-refractivity contribution in [1.82, 2.24) is 9.34 Å². The lowest BCUT2D eigenvalue weighted by molar-refractivity contribution is 0.0901. The standard InChI is InChI=1S/C15H30ClN2O2P/c1-5-11-17(13-6-7-13)21(19,20-15(2,3)4)18(12-10-16)14-8-9-14/h13-14H,5-12H2,1-4H3. The smallest absolute Gasteiger partial charge is 0.300 e. The summed E-state index contributed by atoms with van der Waals surface area (Å²) in [5.41, 5.74) is -0.421. The van der Waals surface area contributed by atoms with Crippen molar-refractivity contribution in [3.8, 4) is 0 Å². The van der Waals surface area contributed by atoms with Gasteiger partial charge in [-0.1, -0.05) is 6.92 Å². The lowest BCUT2D eigenvalue weighted by Crippen LogP contribution is -2.40. The maximum Gasteiger partial charge on any atom is 0.347 e. The number of hydrogen-bond donors (Lipinski definition) is 0. The first-order valence-corrected chi connectivity index (χ1v) is 10.3. The minimum atomic E-state index is -3.00. The molecule has 2 fully saturated rings. The van der Waals surface area contributed by atoms with E-state index in [1.165, 1.54) is 0 Å². The lowest BCUT2D eigenvalue weighted by Gasteiger charge is -2.41. The van der Waals surface area contributed by atoms with Crippen molar-refractivity contribution in [2.45, 2.75) is 77.5 Å². The van der Waals surface area contributed by atoms with Crippen molar-refractivity contribution in [2.75, 3.05) is 19.0 Å². The molecular weight excluding hydrogens is 307 g/mol. The van der Waals surface area contributed by atoms with Gasteiger partial charge in [0.15, 0.2) is 0 Å². The molecule has 0 N–H and O–H groups in total. The van der Waals surface area contributed by atoms with Crippen LogP contribution in [0, 0.1) is 0 Å². The van der Waals surface area contributed by atoms with Crippen molar-refractivity contribution in [3.05, 3.63) is 0 Å². The maximum atomic E-state index is 13.9. The summed E-state index contributed by atoms with van der Waals surface area (Å²) >= 11 is 5.99. The van der Waals surface area contributed by atoms with Gasteiger partial charge in [0.1, 0.15) is 0 Å². The molecule has 2 saturated carbocycles. The van der Waals surface area contributed by atoms with E-state index in [0.717, 1.165) is 38.6 Å². The highest BCUT2D eigenvalue weighted by molar-refractivity contribution is 7.54. The van der Waals surface area contributed by atoms with Crippen molar-refractivity contribution in [3.63, 3.8) is 0 Å². The van der Waals surface area contributed by atoms with Gasteiger partial charge in [-0.15, -0.1) is 11.6 Å². The number of hydrogen-bond acceptors (Lipinski definition) is 2. The van der Waals surface area contributed by atoms with Crippen LogP contribution in [0.15, 0.2) is 0 Å². The molecule has 2 aliphatic rings. The van der Waals surface area contributed by atoms with Crippen molar-refractivity contribution in [1.29, 1.82) is 0 Å². The van der Waals surface area contributed by atoms with Gasteiger partial charge in [-0.3, -0.25) is 4.57 Å². The Hall–Kier alpha value is 0.400. The second-order valence-electron chi connectivity index (χ2n) is 7.17. The summed E-state index contributed by atoms with van der Waals surface area (Å²) in [6.07, 6.45) is 5.49. The summed E-state index contributed by atoms with van der Waals surface area (Å²) in [5.74, 6) is 0.499. The summed E-state index contributed by atoms with van der Waals surface area (Å²) in [6, 6.07) is 0.810. The Bertz CT molecular complexity index is 366. The summed E-state index contributed by atoms with van der Waals surface area (Å²) < 4.78 is 24.4. The Morgan fingerprint density at radius 1 is 1.10 bits per heavy atom. The van der Waals surface area contributed by atoms with Crippen LogP contribution in [-0.4, -0.2) is 46.0 Å². The molecule has 6 heteroatoms. The predicted octanol–water partition coefficient (Wildman–Crippen LogP) is 4.49. The molecule has 0 aromatic rings. The van der Waals surface area contributed by atoms with E-state index in [-0.39, 0.29) is 0 Å². The fourth-order valence-electron chi connectivity index (χ4n) is 2.70. The van der Waals surface area contributed by atoms with Gasteiger partial charge in [0, 0.05) is 31.1 Å². The van der Waals surface area contributed by atoms with E-state index in [4.69, 9.17) is 16.1 Å². The maximum absolute atomic E-state index is 13.9. The number of rotatable bonds is 9. The lowest BCUT2D eigenvalue weighted by atomic mass is 10.2. The molecule has 1 atom stereocenters. The van der Waals surface area contributed by atoms with E-state index >= 15 is 0 Å². The zero-order valence-corrected chi connectivity index (χ0v) is 15.5. The molecule has 4 nitrogen and oxygen atoms in total. The molecule has 0 bridgehead atoms. The zero-order valence-electron chi connectivity index (χ0n) is 13.8. The fraction of sp³-hybridized carbons (Fsp3) is 1.00. The van der Waals surface area contributed by atoms with Crippen LogP contribution in [0.1, 0.15) is 59.8 Å². The third kappa shape index (κ3) is 4.68. The molecule has 0 spiro atoms. The largest absolute Gasteiger partial charge is 0.347 e. The first-order chi connectivity index (χ1) is 9.81.